The second-order valence-electron chi connectivity index (χ2n) is 5.07. The number of carbonyl (C=O) groups is 2. The molecule has 0 saturated heterocycles. The van der Waals surface area contributed by atoms with Gasteiger partial charge in [-0.05, 0) is 27.2 Å². The Hall–Kier alpha value is -1.66. The van der Waals surface area contributed by atoms with E-state index in [1.807, 2.05) is 13.0 Å². The first kappa shape index (κ1) is 16.7. The van der Waals surface area contributed by atoms with Crippen molar-refractivity contribution < 1.29 is 9.59 Å². The van der Waals surface area contributed by atoms with Crippen LogP contribution in [0.2, 0.25) is 0 Å². The lowest BCUT2D eigenvalue weighted by Crippen LogP contribution is -2.36. The Morgan fingerprint density at radius 3 is 2.41 bits per heavy atom. The van der Waals surface area contributed by atoms with Crippen LogP contribution in [0.4, 0.5) is 5.13 Å². The number of rotatable bonds is 5. The van der Waals surface area contributed by atoms with Crippen LogP contribution in [0.5, 0.6) is 0 Å². The number of hydrogen-bond acceptors (Lipinski definition) is 5. The first-order chi connectivity index (χ1) is 10.4. The molecule has 1 aliphatic rings. The molecule has 2 amide bonds. The normalized spacial score (nSPS) is 16.0. The summed E-state index contributed by atoms with van der Waals surface area (Å²) < 4.78 is 0. The molecule has 0 aliphatic carbocycles. The summed E-state index contributed by atoms with van der Waals surface area (Å²) >= 11 is 7.60. The molecule has 0 radical (unpaired) electrons. The SMILES string of the molecule is CCC/C=C(/Cl)c1nc(NN2C(=O)C(C)=C(C)C2=O)sc1C. The highest BCUT2D eigenvalue weighted by atomic mass is 35.5. The highest BCUT2D eigenvalue weighted by Gasteiger charge is 2.34. The highest BCUT2D eigenvalue weighted by Crippen LogP contribution is 2.31. The first-order valence-corrected chi connectivity index (χ1v) is 8.22. The molecule has 2 rings (SSSR count). The minimum absolute atomic E-state index is 0.343. The first-order valence-electron chi connectivity index (χ1n) is 7.03. The third-order valence-electron chi connectivity index (χ3n) is 3.45. The van der Waals surface area contributed by atoms with Crippen molar-refractivity contribution in [2.24, 2.45) is 0 Å². The maximum absolute atomic E-state index is 12.0. The summed E-state index contributed by atoms with van der Waals surface area (Å²) in [6, 6.07) is 0. The van der Waals surface area contributed by atoms with Crippen LogP contribution in [-0.2, 0) is 9.59 Å². The monoisotopic (exact) mass is 339 g/mol. The maximum atomic E-state index is 12.0. The molecule has 0 fully saturated rings. The van der Waals surface area contributed by atoms with Crippen molar-refractivity contribution in [3.8, 4) is 0 Å². The van der Waals surface area contributed by atoms with Gasteiger partial charge in [-0.1, -0.05) is 31.0 Å². The highest BCUT2D eigenvalue weighted by molar-refractivity contribution is 7.15. The lowest BCUT2D eigenvalue weighted by Gasteiger charge is -2.14. The number of aryl methyl sites for hydroxylation is 1. The summed E-state index contributed by atoms with van der Waals surface area (Å²) in [4.78, 5) is 29.4. The molecule has 0 unspecified atom stereocenters. The van der Waals surface area contributed by atoms with E-state index in [4.69, 9.17) is 11.6 Å². The molecule has 22 heavy (non-hydrogen) atoms. The summed E-state index contributed by atoms with van der Waals surface area (Å²) in [6.07, 6.45) is 3.81. The molecule has 2 heterocycles. The molecule has 1 aromatic rings. The fourth-order valence-electron chi connectivity index (χ4n) is 1.98. The lowest BCUT2D eigenvalue weighted by molar-refractivity contribution is -0.135. The Kier molecular flexibility index (Phi) is 5.03. The Balaban J connectivity index is 2.20. The standard InChI is InChI=1S/C15H18ClN3O2S/c1-5-6-7-11(16)12-10(4)22-15(17-12)18-19-13(20)8(2)9(3)14(19)21/h7H,5-6H2,1-4H3,(H,17,18)/b11-7+. The molecule has 5 nitrogen and oxygen atoms in total. The lowest BCUT2D eigenvalue weighted by atomic mass is 10.2. The molecule has 0 spiro atoms. The Labute approximate surface area is 138 Å². The molecule has 118 valence electrons. The number of amides is 2. The van der Waals surface area contributed by atoms with E-state index in [0.717, 1.165) is 22.7 Å². The second-order valence-corrected chi connectivity index (χ2v) is 6.68. The van der Waals surface area contributed by atoms with Crippen LogP contribution >= 0.6 is 22.9 Å². The quantitative estimate of drug-likeness (QED) is 0.827. The van der Waals surface area contributed by atoms with Gasteiger partial charge in [0.25, 0.3) is 11.8 Å². The van der Waals surface area contributed by atoms with Crippen LogP contribution in [-0.4, -0.2) is 21.8 Å². The largest absolute Gasteiger partial charge is 0.275 e. The molecule has 1 aliphatic heterocycles. The van der Waals surface area contributed by atoms with Crippen molar-refractivity contribution >= 4 is 44.9 Å². The van der Waals surface area contributed by atoms with Gasteiger partial charge < -0.3 is 0 Å². The zero-order valence-electron chi connectivity index (χ0n) is 13.0. The number of carbonyl (C=O) groups excluding carboxylic acids is 2. The summed E-state index contributed by atoms with van der Waals surface area (Å²) in [5, 5.41) is 2.06. The van der Waals surface area contributed by atoms with Crippen LogP contribution in [0.1, 0.15) is 44.2 Å². The van der Waals surface area contributed by atoms with Gasteiger partial charge in [0.2, 0.25) is 5.13 Å². The minimum atomic E-state index is -0.343. The van der Waals surface area contributed by atoms with Gasteiger partial charge in [-0.2, -0.15) is 5.01 Å². The van der Waals surface area contributed by atoms with E-state index in [9.17, 15) is 9.59 Å². The van der Waals surface area contributed by atoms with E-state index in [2.05, 4.69) is 17.3 Å². The van der Waals surface area contributed by atoms with Gasteiger partial charge in [-0.25, -0.2) is 4.98 Å². The zero-order chi connectivity index (χ0) is 16.4. The number of hydrazine groups is 1. The second kappa shape index (κ2) is 6.62. The Bertz CT molecular complexity index is 667. The number of nitrogens with zero attached hydrogens (tertiary/aromatic N) is 2. The summed E-state index contributed by atoms with van der Waals surface area (Å²) in [5.41, 5.74) is 4.37. The van der Waals surface area contributed by atoms with Gasteiger partial charge >= 0.3 is 0 Å². The van der Waals surface area contributed by atoms with Gasteiger partial charge in [0.1, 0.15) is 0 Å². The molecule has 0 aromatic carbocycles. The summed E-state index contributed by atoms with van der Waals surface area (Å²) in [6.45, 7) is 7.26. The number of anilines is 1. The third kappa shape index (κ3) is 3.08. The molecule has 0 atom stereocenters. The fraction of sp³-hybridized carbons (Fsp3) is 0.400. The van der Waals surface area contributed by atoms with Crippen molar-refractivity contribution in [2.45, 2.75) is 40.5 Å². The Morgan fingerprint density at radius 2 is 1.86 bits per heavy atom. The zero-order valence-corrected chi connectivity index (χ0v) is 14.6. The number of thiazole rings is 1. The van der Waals surface area contributed by atoms with Gasteiger partial charge in [-0.15, -0.1) is 11.3 Å². The molecular weight excluding hydrogens is 322 g/mol. The van der Waals surface area contributed by atoms with Crippen molar-refractivity contribution in [2.75, 3.05) is 5.43 Å². The van der Waals surface area contributed by atoms with Crippen LogP contribution in [0, 0.1) is 6.92 Å². The molecular formula is C15H18ClN3O2S. The van der Waals surface area contributed by atoms with E-state index >= 15 is 0 Å². The van der Waals surface area contributed by atoms with Gasteiger partial charge in [0.05, 0.1) is 10.7 Å². The number of hydrogen-bond donors (Lipinski definition) is 1. The molecule has 0 saturated carbocycles. The average molecular weight is 340 g/mol. The van der Waals surface area contributed by atoms with Crippen LogP contribution in [0.25, 0.3) is 5.03 Å². The van der Waals surface area contributed by atoms with Gasteiger partial charge in [0.15, 0.2) is 0 Å². The molecule has 7 heteroatoms. The maximum Gasteiger partial charge on any atom is 0.275 e. The predicted octanol–water partition coefficient (Wildman–Crippen LogP) is 3.86. The van der Waals surface area contributed by atoms with Crippen LogP contribution in [0.3, 0.4) is 0 Å². The molecule has 0 bridgehead atoms. The fourth-order valence-corrected chi connectivity index (χ4v) is 3.14. The third-order valence-corrected chi connectivity index (χ3v) is 4.66. The number of nitrogens with one attached hydrogen (secondary N) is 1. The van der Waals surface area contributed by atoms with E-state index in [-0.39, 0.29) is 11.8 Å². The summed E-state index contributed by atoms with van der Waals surface area (Å²) in [5.74, 6) is -0.686. The number of imide groups is 1. The van der Waals surface area contributed by atoms with Gasteiger partial charge in [0, 0.05) is 16.0 Å². The predicted molar refractivity (Wildman–Crippen MR) is 89.4 cm³/mol. The summed E-state index contributed by atoms with van der Waals surface area (Å²) in [7, 11) is 0. The van der Waals surface area contributed by atoms with E-state index in [1.165, 1.54) is 11.3 Å². The Morgan fingerprint density at radius 1 is 1.27 bits per heavy atom. The van der Waals surface area contributed by atoms with Crippen molar-refractivity contribution in [3.63, 3.8) is 0 Å². The topological polar surface area (TPSA) is 62.3 Å². The van der Waals surface area contributed by atoms with Gasteiger partial charge in [-0.3, -0.25) is 15.0 Å². The molecule has 1 aromatic heterocycles. The average Bonchev–Trinajstić information content (AvgIpc) is 2.94. The number of allylic oxidation sites excluding steroid dienone is 1. The van der Waals surface area contributed by atoms with Crippen LogP contribution < -0.4 is 5.43 Å². The van der Waals surface area contributed by atoms with E-state index in [0.29, 0.717) is 27.0 Å². The number of aromatic nitrogens is 1. The van der Waals surface area contributed by atoms with E-state index < -0.39 is 0 Å². The van der Waals surface area contributed by atoms with Crippen molar-refractivity contribution in [1.29, 1.82) is 0 Å². The van der Waals surface area contributed by atoms with Crippen molar-refractivity contribution in [3.05, 3.63) is 27.8 Å². The minimum Gasteiger partial charge on any atom is -0.267 e. The van der Waals surface area contributed by atoms with E-state index in [1.54, 1.807) is 13.8 Å². The van der Waals surface area contributed by atoms with Crippen LogP contribution in [0.15, 0.2) is 17.2 Å². The smallest absolute Gasteiger partial charge is 0.267 e. The number of unbranched alkanes of at least 4 members (excludes halogenated alkanes) is 1. The number of halogens is 1. The molecule has 1 N–H and O–H groups in total. The van der Waals surface area contributed by atoms with Crippen molar-refractivity contribution in [1.82, 2.24) is 9.99 Å².